The Morgan fingerprint density at radius 2 is 1.57 bits per heavy atom. The van der Waals surface area contributed by atoms with E-state index >= 15 is 0 Å². The average molecular weight is 120 g/mol. The van der Waals surface area contributed by atoms with Gasteiger partial charge in [-0.3, -0.25) is 4.79 Å². The Balaban J connectivity index is -0.00000000750. The molecule has 0 saturated heterocycles. The van der Waals surface area contributed by atoms with Crippen LogP contribution in [0.15, 0.2) is 0 Å². The number of carbonyl (C=O) groups is 1. The molecule has 0 heterocycles. The zero-order chi connectivity index (χ0) is 3.58. The molecule has 4 nitrogen and oxygen atoms in total. The van der Waals surface area contributed by atoms with Gasteiger partial charge in [-0.05, 0) is 0 Å². The van der Waals surface area contributed by atoms with Gasteiger partial charge in [-0.1, -0.05) is 0 Å². The molecule has 0 atom stereocenters. The van der Waals surface area contributed by atoms with Crippen LogP contribution in [0, 0.1) is 0 Å². The first kappa shape index (κ1) is 26.3. The summed E-state index contributed by atoms with van der Waals surface area (Å²) in [4.78, 5) is 9.00. The van der Waals surface area contributed by atoms with Gasteiger partial charge in [0.05, 0.1) is 0 Å². The second kappa shape index (κ2) is 16.2. The Morgan fingerprint density at radius 1 is 1.57 bits per heavy atom. The fourth-order valence-corrected chi connectivity index (χ4v) is 0. The molecule has 0 aromatic heterocycles. The number of carboxylic acids is 1. The standard InChI is InChI=1S/C2H4O2.Na.2H2O.H/c1-2(3)4;;;;/h1H3,(H,3,4);;2*1H2;/q;+1;;;-1. The maximum atomic E-state index is 9.00. The summed E-state index contributed by atoms with van der Waals surface area (Å²) in [5.41, 5.74) is 0. The van der Waals surface area contributed by atoms with Crippen molar-refractivity contribution in [3.8, 4) is 0 Å². The van der Waals surface area contributed by atoms with Crippen LogP contribution in [0.25, 0.3) is 0 Å². The Kier molecular flexibility index (Phi) is 60.6. The van der Waals surface area contributed by atoms with Crippen LogP contribution >= 0.6 is 0 Å². The minimum Gasteiger partial charge on any atom is -1.00 e. The summed E-state index contributed by atoms with van der Waals surface area (Å²) in [6, 6.07) is 0. The molecule has 0 rings (SSSR count). The van der Waals surface area contributed by atoms with Crippen molar-refractivity contribution in [2.24, 2.45) is 0 Å². The molecular formula is C2H9NaO4. The van der Waals surface area contributed by atoms with Gasteiger partial charge in [-0.2, -0.15) is 0 Å². The summed E-state index contributed by atoms with van der Waals surface area (Å²) in [7, 11) is 0. The van der Waals surface area contributed by atoms with Crippen LogP contribution < -0.4 is 29.6 Å². The Labute approximate surface area is 64.9 Å². The van der Waals surface area contributed by atoms with E-state index in [-0.39, 0.29) is 41.9 Å². The van der Waals surface area contributed by atoms with E-state index in [1.54, 1.807) is 0 Å². The third-order valence-corrected chi connectivity index (χ3v) is 0. The van der Waals surface area contributed by atoms with Crippen molar-refractivity contribution in [2.45, 2.75) is 6.92 Å². The van der Waals surface area contributed by atoms with E-state index in [9.17, 15) is 0 Å². The molecule has 0 bridgehead atoms. The van der Waals surface area contributed by atoms with E-state index in [1.807, 2.05) is 0 Å². The Bertz CT molecular complexity index is 37.0. The largest absolute Gasteiger partial charge is 1.00 e. The normalized spacial score (nSPS) is 3.57. The predicted octanol–water partition coefficient (Wildman–Crippen LogP) is -4.44. The molecule has 0 aromatic rings. The maximum Gasteiger partial charge on any atom is 1.00 e. The first-order valence-corrected chi connectivity index (χ1v) is 0.928. The summed E-state index contributed by atoms with van der Waals surface area (Å²) < 4.78 is 0. The first-order chi connectivity index (χ1) is 1.73. The summed E-state index contributed by atoms with van der Waals surface area (Å²) in [5.74, 6) is -0.833. The van der Waals surface area contributed by atoms with Crippen molar-refractivity contribution >= 4 is 5.97 Å². The van der Waals surface area contributed by atoms with Gasteiger partial charge in [0.1, 0.15) is 0 Å². The van der Waals surface area contributed by atoms with E-state index in [1.165, 1.54) is 0 Å². The van der Waals surface area contributed by atoms with Crippen LogP contribution in [0.5, 0.6) is 0 Å². The first-order valence-electron chi connectivity index (χ1n) is 0.928. The van der Waals surface area contributed by atoms with Crippen LogP contribution in [-0.4, -0.2) is 22.0 Å². The molecule has 0 amide bonds. The Morgan fingerprint density at radius 3 is 1.57 bits per heavy atom. The molecule has 42 valence electrons. The second-order valence-corrected chi connectivity index (χ2v) is 0.519. The molecule has 0 saturated carbocycles. The fraction of sp³-hybridized carbons (Fsp3) is 0.500. The van der Waals surface area contributed by atoms with Gasteiger partial charge in [0.15, 0.2) is 0 Å². The van der Waals surface area contributed by atoms with Gasteiger partial charge in [0.2, 0.25) is 0 Å². The van der Waals surface area contributed by atoms with Crippen molar-refractivity contribution in [3.05, 3.63) is 0 Å². The van der Waals surface area contributed by atoms with Crippen molar-refractivity contribution in [2.75, 3.05) is 0 Å². The number of aliphatic carboxylic acids is 1. The molecule has 0 aliphatic carbocycles. The number of carboxylic acid groups (broad SMARTS) is 1. The molecule has 0 fully saturated rings. The van der Waals surface area contributed by atoms with Gasteiger partial charge in [-0.25, -0.2) is 0 Å². The van der Waals surface area contributed by atoms with E-state index in [0.29, 0.717) is 0 Å². The van der Waals surface area contributed by atoms with Crippen molar-refractivity contribution < 1.29 is 51.8 Å². The van der Waals surface area contributed by atoms with Gasteiger partial charge >= 0.3 is 29.6 Å². The summed E-state index contributed by atoms with van der Waals surface area (Å²) in [6.07, 6.45) is 0. The molecule has 0 aliphatic heterocycles. The van der Waals surface area contributed by atoms with E-state index in [2.05, 4.69) is 0 Å². The summed E-state index contributed by atoms with van der Waals surface area (Å²) >= 11 is 0. The summed E-state index contributed by atoms with van der Waals surface area (Å²) in [5, 5.41) is 7.42. The predicted molar refractivity (Wildman–Crippen MR) is 21.6 cm³/mol. The number of rotatable bonds is 0. The van der Waals surface area contributed by atoms with E-state index in [4.69, 9.17) is 9.90 Å². The maximum absolute atomic E-state index is 9.00. The van der Waals surface area contributed by atoms with Gasteiger partial charge in [-0.15, -0.1) is 0 Å². The minimum absolute atomic E-state index is 0. The van der Waals surface area contributed by atoms with Crippen LogP contribution in [-0.2, 0) is 4.79 Å². The third-order valence-electron chi connectivity index (χ3n) is 0. The van der Waals surface area contributed by atoms with Gasteiger partial charge in [0, 0.05) is 6.92 Å². The van der Waals surface area contributed by atoms with Gasteiger partial charge in [0.25, 0.3) is 5.97 Å². The third kappa shape index (κ3) is 810. The molecular weight excluding hydrogens is 111 g/mol. The zero-order valence-corrected chi connectivity index (χ0v) is 6.36. The monoisotopic (exact) mass is 120 g/mol. The molecule has 5 N–H and O–H groups in total. The fourth-order valence-electron chi connectivity index (χ4n) is 0. The topological polar surface area (TPSA) is 100 Å². The molecule has 5 heteroatoms. The van der Waals surface area contributed by atoms with Crippen molar-refractivity contribution in [1.82, 2.24) is 0 Å². The van der Waals surface area contributed by atoms with Crippen LogP contribution in [0.2, 0.25) is 0 Å². The van der Waals surface area contributed by atoms with Gasteiger partial charge < -0.3 is 17.5 Å². The molecule has 0 aliphatic rings. The quantitative estimate of drug-likeness (QED) is 0.326. The SMILES string of the molecule is CC(=O)O.O.O.[H-].[Na+]. The molecule has 7 heavy (non-hydrogen) atoms. The summed E-state index contributed by atoms with van der Waals surface area (Å²) in [6.45, 7) is 1.08. The number of hydrogen-bond acceptors (Lipinski definition) is 1. The van der Waals surface area contributed by atoms with Crippen molar-refractivity contribution in [1.29, 1.82) is 0 Å². The molecule has 0 radical (unpaired) electrons. The molecule has 0 spiro atoms. The average Bonchev–Trinajstić information content (AvgIpc) is 0.811. The smallest absolute Gasteiger partial charge is 1.00 e. The van der Waals surface area contributed by atoms with Crippen LogP contribution in [0.1, 0.15) is 8.35 Å². The van der Waals surface area contributed by atoms with Crippen LogP contribution in [0.4, 0.5) is 0 Å². The molecule has 0 unspecified atom stereocenters. The second-order valence-electron chi connectivity index (χ2n) is 0.519. The van der Waals surface area contributed by atoms with E-state index in [0.717, 1.165) is 6.92 Å². The molecule has 0 aromatic carbocycles. The van der Waals surface area contributed by atoms with Crippen molar-refractivity contribution in [3.63, 3.8) is 0 Å². The zero-order valence-electron chi connectivity index (χ0n) is 5.36. The number of hydrogen-bond donors (Lipinski definition) is 1. The Hall–Kier alpha value is 0.390. The van der Waals surface area contributed by atoms with E-state index < -0.39 is 5.97 Å². The van der Waals surface area contributed by atoms with Crippen LogP contribution in [0.3, 0.4) is 0 Å². The minimum atomic E-state index is -0.833.